The van der Waals surface area contributed by atoms with Gasteiger partial charge in [-0.05, 0) is 11.6 Å². The van der Waals surface area contributed by atoms with Gasteiger partial charge in [0.15, 0.2) is 0 Å². The second-order valence-electron chi connectivity index (χ2n) is 2.55. The number of thiol groups is 1. The van der Waals surface area contributed by atoms with Gasteiger partial charge in [-0.1, -0.05) is 40.9 Å². The van der Waals surface area contributed by atoms with Crippen LogP contribution in [-0.4, -0.2) is 5.75 Å². The summed E-state index contributed by atoms with van der Waals surface area (Å²) in [6.07, 6.45) is 0. The molecule has 1 unspecified atom stereocenters. The van der Waals surface area contributed by atoms with Crippen LogP contribution in [0.3, 0.4) is 0 Å². The summed E-state index contributed by atoms with van der Waals surface area (Å²) < 4.78 is 0. The van der Waals surface area contributed by atoms with Crippen LogP contribution in [-0.2, 0) is 0 Å². The molecule has 2 N–H and O–H groups in total. The third-order valence-electron chi connectivity index (χ3n) is 1.66. The molecular weight excluding hydrogens is 249 g/mol. The Morgan fingerprint density at radius 1 is 1.23 bits per heavy atom. The molecule has 0 fully saturated rings. The first-order chi connectivity index (χ1) is 6.07. The van der Waals surface area contributed by atoms with E-state index in [2.05, 4.69) is 12.6 Å². The third kappa shape index (κ3) is 2.45. The Balaban J connectivity index is 3.18. The van der Waals surface area contributed by atoms with Crippen molar-refractivity contribution in [1.29, 1.82) is 0 Å². The molecule has 5 heteroatoms. The van der Waals surface area contributed by atoms with Gasteiger partial charge in [0.25, 0.3) is 0 Å². The van der Waals surface area contributed by atoms with E-state index in [0.29, 0.717) is 20.8 Å². The Bertz CT molecular complexity index is 317. The maximum absolute atomic E-state index is 5.94. The highest BCUT2D eigenvalue weighted by Gasteiger charge is 2.13. The Hall–Kier alpha value is 0.400. The van der Waals surface area contributed by atoms with Crippen LogP contribution in [0.5, 0.6) is 0 Å². The van der Waals surface area contributed by atoms with Crippen LogP contribution in [0.2, 0.25) is 15.1 Å². The minimum Gasteiger partial charge on any atom is -0.323 e. The standard InChI is InChI=1S/C8H8Cl3NS/c9-5-2-1-4(6(12)3-13)7(10)8(5)11/h1-2,6,13H,3,12H2. The van der Waals surface area contributed by atoms with Gasteiger partial charge >= 0.3 is 0 Å². The van der Waals surface area contributed by atoms with Crippen molar-refractivity contribution in [3.05, 3.63) is 32.8 Å². The fraction of sp³-hybridized carbons (Fsp3) is 0.250. The van der Waals surface area contributed by atoms with Crippen LogP contribution in [0.25, 0.3) is 0 Å². The molecule has 0 spiro atoms. The first kappa shape index (κ1) is 11.5. The van der Waals surface area contributed by atoms with Gasteiger partial charge in [-0.2, -0.15) is 12.6 Å². The van der Waals surface area contributed by atoms with E-state index in [-0.39, 0.29) is 6.04 Å². The van der Waals surface area contributed by atoms with E-state index in [4.69, 9.17) is 40.5 Å². The Kier molecular flexibility index (Phi) is 4.20. The maximum Gasteiger partial charge on any atom is 0.0781 e. The van der Waals surface area contributed by atoms with Crippen LogP contribution in [0, 0.1) is 0 Å². The predicted octanol–water partition coefficient (Wildman–Crippen LogP) is 3.58. The molecule has 1 nitrogen and oxygen atoms in total. The number of nitrogens with two attached hydrogens (primary N) is 1. The molecule has 0 bridgehead atoms. The van der Waals surface area contributed by atoms with Crippen LogP contribution in [0.4, 0.5) is 0 Å². The van der Waals surface area contributed by atoms with Gasteiger partial charge in [0, 0.05) is 11.8 Å². The van der Waals surface area contributed by atoms with E-state index in [9.17, 15) is 0 Å². The van der Waals surface area contributed by atoms with Crippen molar-refractivity contribution in [2.75, 3.05) is 5.75 Å². The van der Waals surface area contributed by atoms with Gasteiger partial charge < -0.3 is 5.73 Å². The van der Waals surface area contributed by atoms with Crippen molar-refractivity contribution in [1.82, 2.24) is 0 Å². The van der Waals surface area contributed by atoms with E-state index in [0.717, 1.165) is 5.56 Å². The minimum atomic E-state index is -0.217. The summed E-state index contributed by atoms with van der Waals surface area (Å²) in [6, 6.07) is 3.22. The number of halogens is 3. The van der Waals surface area contributed by atoms with Crippen molar-refractivity contribution < 1.29 is 0 Å². The number of hydrogen-bond donors (Lipinski definition) is 2. The van der Waals surface area contributed by atoms with Gasteiger partial charge in [0.05, 0.1) is 15.1 Å². The lowest BCUT2D eigenvalue weighted by Gasteiger charge is -2.12. The number of rotatable bonds is 2. The molecule has 1 rings (SSSR count). The molecule has 0 heterocycles. The monoisotopic (exact) mass is 255 g/mol. The van der Waals surface area contributed by atoms with Gasteiger partial charge in [-0.3, -0.25) is 0 Å². The molecule has 0 aliphatic carbocycles. The molecule has 72 valence electrons. The first-order valence-electron chi connectivity index (χ1n) is 3.57. The maximum atomic E-state index is 5.94. The van der Waals surface area contributed by atoms with E-state index in [1.165, 1.54) is 0 Å². The van der Waals surface area contributed by atoms with Gasteiger partial charge in [0.1, 0.15) is 0 Å². The third-order valence-corrected chi connectivity index (χ3v) is 3.36. The average Bonchev–Trinajstić information content (AvgIpc) is 2.13. The zero-order chi connectivity index (χ0) is 10.0. The second-order valence-corrected chi connectivity index (χ2v) is 4.08. The number of benzene rings is 1. The topological polar surface area (TPSA) is 26.0 Å². The summed E-state index contributed by atoms with van der Waals surface area (Å²) in [5.41, 5.74) is 6.52. The van der Waals surface area contributed by atoms with Crippen LogP contribution >= 0.6 is 47.4 Å². The Labute approximate surface area is 97.6 Å². The van der Waals surface area contributed by atoms with Crippen molar-refractivity contribution in [3.8, 4) is 0 Å². The van der Waals surface area contributed by atoms with Gasteiger partial charge in [-0.15, -0.1) is 0 Å². The fourth-order valence-electron chi connectivity index (χ4n) is 0.926. The lowest BCUT2D eigenvalue weighted by Crippen LogP contribution is -2.12. The Morgan fingerprint density at radius 2 is 1.85 bits per heavy atom. The molecule has 13 heavy (non-hydrogen) atoms. The van der Waals surface area contributed by atoms with Crippen LogP contribution in [0.15, 0.2) is 12.1 Å². The van der Waals surface area contributed by atoms with E-state index in [1.54, 1.807) is 12.1 Å². The van der Waals surface area contributed by atoms with E-state index < -0.39 is 0 Å². The van der Waals surface area contributed by atoms with Gasteiger partial charge in [0.2, 0.25) is 0 Å². The van der Waals surface area contributed by atoms with Crippen molar-refractivity contribution in [2.24, 2.45) is 5.73 Å². The van der Waals surface area contributed by atoms with Gasteiger partial charge in [-0.25, -0.2) is 0 Å². The SMILES string of the molecule is NC(CS)c1ccc(Cl)c(Cl)c1Cl. The highest BCUT2D eigenvalue weighted by Crippen LogP contribution is 2.34. The molecule has 1 aromatic carbocycles. The highest BCUT2D eigenvalue weighted by molar-refractivity contribution is 7.80. The van der Waals surface area contributed by atoms with Crippen molar-refractivity contribution in [2.45, 2.75) is 6.04 Å². The molecule has 0 saturated carbocycles. The fourth-order valence-corrected chi connectivity index (χ4v) is 1.81. The molecular formula is C8H8Cl3NS. The quantitative estimate of drug-likeness (QED) is 0.614. The molecule has 0 aliphatic heterocycles. The lowest BCUT2D eigenvalue weighted by atomic mass is 10.1. The average molecular weight is 257 g/mol. The normalized spacial score (nSPS) is 13.0. The van der Waals surface area contributed by atoms with Crippen LogP contribution < -0.4 is 5.73 Å². The summed E-state index contributed by atoms with van der Waals surface area (Å²) in [7, 11) is 0. The molecule has 0 saturated heterocycles. The lowest BCUT2D eigenvalue weighted by molar-refractivity contribution is 0.835. The summed E-state index contributed by atoms with van der Waals surface area (Å²) >= 11 is 21.6. The largest absolute Gasteiger partial charge is 0.323 e. The van der Waals surface area contributed by atoms with E-state index >= 15 is 0 Å². The van der Waals surface area contributed by atoms with Crippen LogP contribution in [0.1, 0.15) is 11.6 Å². The zero-order valence-electron chi connectivity index (χ0n) is 6.60. The second kappa shape index (κ2) is 4.76. The van der Waals surface area contributed by atoms with Crippen molar-refractivity contribution in [3.63, 3.8) is 0 Å². The summed E-state index contributed by atoms with van der Waals surface area (Å²) in [5.74, 6) is 0.512. The summed E-state index contributed by atoms with van der Waals surface area (Å²) in [4.78, 5) is 0. The smallest absolute Gasteiger partial charge is 0.0781 e. The molecule has 0 aromatic heterocycles. The Morgan fingerprint density at radius 3 is 2.38 bits per heavy atom. The minimum absolute atomic E-state index is 0.217. The van der Waals surface area contributed by atoms with Crippen molar-refractivity contribution >= 4 is 47.4 Å². The molecule has 0 radical (unpaired) electrons. The zero-order valence-corrected chi connectivity index (χ0v) is 9.76. The predicted molar refractivity (Wildman–Crippen MR) is 62.3 cm³/mol. The molecule has 0 amide bonds. The molecule has 1 aromatic rings. The molecule has 1 atom stereocenters. The highest BCUT2D eigenvalue weighted by atomic mass is 35.5. The number of hydrogen-bond acceptors (Lipinski definition) is 2. The van der Waals surface area contributed by atoms with E-state index in [1.807, 2.05) is 0 Å². The first-order valence-corrected chi connectivity index (χ1v) is 5.34. The summed E-state index contributed by atoms with van der Waals surface area (Å²) in [6.45, 7) is 0. The molecule has 0 aliphatic rings. The summed E-state index contributed by atoms with van der Waals surface area (Å²) in [5, 5.41) is 1.19.